The predicted octanol–water partition coefficient (Wildman–Crippen LogP) is 4.73. The number of fused-ring (bicyclic) bond motifs is 1. The molecule has 0 aromatic heterocycles. The number of unbranched alkanes of at least 4 members (excludes halogenated alkanes) is 2. The maximum absolute atomic E-state index is 13.2. The molecular weight excluding hydrogens is 464 g/mol. The van der Waals surface area contributed by atoms with Gasteiger partial charge in [-0.15, -0.1) is 0 Å². The Morgan fingerprint density at radius 2 is 1.86 bits per heavy atom. The number of ether oxygens (including phenoxy) is 1. The molecule has 4 rings (SSSR count). The number of β-amino-alcohol motifs (C(OH)–C–C–N with tert-alkyl or cyclic N) is 1. The minimum absolute atomic E-state index is 0.0675. The van der Waals surface area contributed by atoms with Crippen LogP contribution in [0.15, 0.2) is 54.6 Å². The third-order valence-corrected chi connectivity index (χ3v) is 8.61. The smallest absolute Gasteiger partial charge is 0.308 e. The van der Waals surface area contributed by atoms with Crippen molar-refractivity contribution in [2.45, 2.75) is 81.8 Å². The molecule has 0 unspecified atom stereocenters. The highest BCUT2D eigenvalue weighted by Crippen LogP contribution is 2.52. The number of likely N-dealkylation sites (tertiary alicyclic amines) is 1. The summed E-state index contributed by atoms with van der Waals surface area (Å²) in [6, 6.07) is 18.2. The third-order valence-electron chi connectivity index (χ3n) is 8.61. The molecule has 2 aromatic rings. The van der Waals surface area contributed by atoms with E-state index in [0.29, 0.717) is 31.6 Å². The Hall–Kier alpha value is -2.70. The Morgan fingerprint density at radius 1 is 1.08 bits per heavy atom. The number of carbonyl (C=O) groups excluding carboxylic acids is 2. The van der Waals surface area contributed by atoms with Crippen LogP contribution in [0.5, 0.6) is 5.75 Å². The van der Waals surface area contributed by atoms with Gasteiger partial charge >= 0.3 is 5.97 Å². The lowest BCUT2D eigenvalue weighted by Crippen LogP contribution is -2.66. The van der Waals surface area contributed by atoms with Gasteiger partial charge in [-0.1, -0.05) is 48.9 Å². The van der Waals surface area contributed by atoms with E-state index in [-0.39, 0.29) is 17.9 Å². The van der Waals surface area contributed by atoms with Gasteiger partial charge in [0.1, 0.15) is 5.75 Å². The Bertz CT molecular complexity index is 1070. The molecule has 2 aliphatic rings. The zero-order valence-corrected chi connectivity index (χ0v) is 22.6. The van der Waals surface area contributed by atoms with Crippen LogP contribution in [0.1, 0.15) is 69.4 Å². The van der Waals surface area contributed by atoms with E-state index in [9.17, 15) is 14.7 Å². The molecule has 1 saturated carbocycles. The molecule has 0 spiro atoms. The number of piperidine rings is 1. The number of amides is 1. The first-order valence-corrected chi connectivity index (χ1v) is 13.7. The fraction of sp³-hybridized carbons (Fsp3) is 0.548. The SMILES string of the molecule is CC(=O)Oc1cccc([C@@]23CCN(C)C[C@@]2(O)CC[C@H](N(C)C(=O)CCCCCc2ccccc2)C3)c1. The molecule has 1 aliphatic carbocycles. The first-order valence-electron chi connectivity index (χ1n) is 13.7. The minimum Gasteiger partial charge on any atom is -0.427 e. The number of benzene rings is 2. The average Bonchev–Trinajstić information content (AvgIpc) is 2.87. The highest BCUT2D eigenvalue weighted by atomic mass is 16.5. The van der Waals surface area contributed by atoms with Gasteiger partial charge in [0.2, 0.25) is 5.91 Å². The fourth-order valence-electron chi connectivity index (χ4n) is 6.50. The maximum atomic E-state index is 13.2. The Kier molecular flexibility index (Phi) is 8.71. The number of carbonyl (C=O) groups is 2. The number of aliphatic hydroxyl groups is 1. The first-order chi connectivity index (χ1) is 17.7. The molecule has 3 atom stereocenters. The normalized spacial score (nSPS) is 25.8. The van der Waals surface area contributed by atoms with E-state index in [2.05, 4.69) is 36.2 Å². The van der Waals surface area contributed by atoms with E-state index in [1.54, 1.807) is 6.07 Å². The van der Waals surface area contributed by atoms with Crippen LogP contribution in [-0.4, -0.2) is 65.6 Å². The van der Waals surface area contributed by atoms with Crippen molar-refractivity contribution in [1.29, 1.82) is 0 Å². The lowest BCUT2D eigenvalue weighted by atomic mass is 9.55. The molecule has 1 aliphatic heterocycles. The van der Waals surface area contributed by atoms with Gasteiger partial charge in [0, 0.05) is 38.4 Å². The minimum atomic E-state index is -0.896. The lowest BCUT2D eigenvalue weighted by molar-refractivity contribution is -0.146. The van der Waals surface area contributed by atoms with Gasteiger partial charge in [-0.2, -0.15) is 0 Å². The Labute approximate surface area is 221 Å². The highest BCUT2D eigenvalue weighted by molar-refractivity contribution is 5.76. The largest absolute Gasteiger partial charge is 0.427 e. The molecule has 2 fully saturated rings. The second kappa shape index (κ2) is 11.8. The van der Waals surface area contributed by atoms with Crippen molar-refractivity contribution in [3.8, 4) is 5.75 Å². The van der Waals surface area contributed by atoms with E-state index in [1.165, 1.54) is 12.5 Å². The summed E-state index contributed by atoms with van der Waals surface area (Å²) in [5.41, 5.74) is 0.949. The number of aryl methyl sites for hydroxylation is 1. The zero-order chi connectivity index (χ0) is 26.5. The summed E-state index contributed by atoms with van der Waals surface area (Å²) in [7, 11) is 3.98. The summed E-state index contributed by atoms with van der Waals surface area (Å²) >= 11 is 0. The topological polar surface area (TPSA) is 70.1 Å². The molecule has 1 heterocycles. The standard InChI is InChI=1S/C31H42N2O4/c1-24(34)37-28-15-10-14-26(21-28)30-19-20-32(2)23-31(30,36)18-17-27(22-30)33(3)29(35)16-9-5-8-13-25-11-6-4-7-12-25/h4,6-7,10-12,14-15,21,27,36H,5,8-9,13,16-20,22-23H2,1-3H3/t27-,30-,31-/m0/s1. The number of likely N-dealkylation sites (N-methyl/N-ethyl adjacent to an activating group) is 1. The Morgan fingerprint density at radius 3 is 2.62 bits per heavy atom. The van der Waals surface area contributed by atoms with E-state index in [1.807, 2.05) is 36.2 Å². The Balaban J connectivity index is 1.43. The highest BCUT2D eigenvalue weighted by Gasteiger charge is 2.57. The molecule has 1 saturated heterocycles. The van der Waals surface area contributed by atoms with Crippen molar-refractivity contribution in [3.05, 3.63) is 65.7 Å². The lowest BCUT2D eigenvalue weighted by Gasteiger charge is -2.58. The molecule has 37 heavy (non-hydrogen) atoms. The van der Waals surface area contributed by atoms with Crippen molar-refractivity contribution in [2.24, 2.45) is 0 Å². The molecular formula is C31H42N2O4. The van der Waals surface area contributed by atoms with Crippen LogP contribution in [0.2, 0.25) is 0 Å². The molecule has 6 heteroatoms. The third kappa shape index (κ3) is 6.24. The van der Waals surface area contributed by atoms with E-state index < -0.39 is 11.0 Å². The molecule has 0 bridgehead atoms. The quantitative estimate of drug-likeness (QED) is 0.303. The van der Waals surface area contributed by atoms with Crippen LogP contribution in [0.4, 0.5) is 0 Å². The average molecular weight is 507 g/mol. The molecule has 1 N–H and O–H groups in total. The van der Waals surface area contributed by atoms with Gasteiger partial charge in [0.05, 0.1) is 5.60 Å². The monoisotopic (exact) mass is 506 g/mol. The van der Waals surface area contributed by atoms with Gasteiger partial charge in [-0.3, -0.25) is 9.59 Å². The second-order valence-electron chi connectivity index (χ2n) is 11.2. The predicted molar refractivity (Wildman–Crippen MR) is 146 cm³/mol. The van der Waals surface area contributed by atoms with Crippen molar-refractivity contribution in [1.82, 2.24) is 9.80 Å². The molecule has 2 aromatic carbocycles. The van der Waals surface area contributed by atoms with Gasteiger partial charge in [0.25, 0.3) is 0 Å². The van der Waals surface area contributed by atoms with Crippen molar-refractivity contribution >= 4 is 11.9 Å². The van der Waals surface area contributed by atoms with Crippen molar-refractivity contribution in [2.75, 3.05) is 27.2 Å². The number of nitrogens with zero attached hydrogens (tertiary/aromatic N) is 2. The summed E-state index contributed by atoms with van der Waals surface area (Å²) in [6.45, 7) is 2.86. The fourth-order valence-corrected chi connectivity index (χ4v) is 6.50. The van der Waals surface area contributed by atoms with Crippen LogP contribution in [0.3, 0.4) is 0 Å². The summed E-state index contributed by atoms with van der Waals surface area (Å²) < 4.78 is 5.39. The second-order valence-corrected chi connectivity index (χ2v) is 11.2. The van der Waals surface area contributed by atoms with Gasteiger partial charge in [-0.25, -0.2) is 0 Å². The zero-order valence-electron chi connectivity index (χ0n) is 22.6. The summed E-state index contributed by atoms with van der Waals surface area (Å²) in [5, 5.41) is 12.0. The summed E-state index contributed by atoms with van der Waals surface area (Å²) in [5.74, 6) is 0.332. The number of rotatable bonds is 9. The van der Waals surface area contributed by atoms with Crippen molar-refractivity contribution in [3.63, 3.8) is 0 Å². The van der Waals surface area contributed by atoms with Crippen LogP contribution < -0.4 is 4.74 Å². The van der Waals surface area contributed by atoms with Crippen LogP contribution in [0, 0.1) is 0 Å². The number of hydrogen-bond donors (Lipinski definition) is 1. The van der Waals surface area contributed by atoms with Gasteiger partial charge < -0.3 is 19.6 Å². The van der Waals surface area contributed by atoms with Crippen molar-refractivity contribution < 1.29 is 19.4 Å². The first kappa shape index (κ1) is 27.3. The van der Waals surface area contributed by atoms with Gasteiger partial charge in [0.15, 0.2) is 0 Å². The van der Waals surface area contributed by atoms with E-state index >= 15 is 0 Å². The maximum Gasteiger partial charge on any atom is 0.308 e. The van der Waals surface area contributed by atoms with Crippen LogP contribution in [0.25, 0.3) is 0 Å². The molecule has 200 valence electrons. The molecule has 6 nitrogen and oxygen atoms in total. The van der Waals surface area contributed by atoms with Crippen LogP contribution >= 0.6 is 0 Å². The van der Waals surface area contributed by atoms with Crippen LogP contribution in [-0.2, 0) is 21.4 Å². The van der Waals surface area contributed by atoms with E-state index in [0.717, 1.165) is 50.6 Å². The number of esters is 1. The van der Waals surface area contributed by atoms with Gasteiger partial charge in [-0.05, 0) is 81.8 Å². The molecule has 0 radical (unpaired) electrons. The summed E-state index contributed by atoms with van der Waals surface area (Å²) in [4.78, 5) is 28.9. The summed E-state index contributed by atoms with van der Waals surface area (Å²) in [6.07, 6.45) is 7.55. The molecule has 1 amide bonds. The van der Waals surface area contributed by atoms with E-state index in [4.69, 9.17) is 4.74 Å². The number of hydrogen-bond acceptors (Lipinski definition) is 5.